The van der Waals surface area contributed by atoms with E-state index in [1.54, 1.807) is 0 Å². The normalized spacial score (nSPS) is 10.9. The zero-order valence-corrected chi connectivity index (χ0v) is 10.9. The number of nitrogens with one attached hydrogen (secondary N) is 1. The Morgan fingerprint density at radius 2 is 2.38 bits per heavy atom. The fourth-order valence-electron chi connectivity index (χ4n) is 1.28. The highest BCUT2D eigenvalue weighted by molar-refractivity contribution is 7.99. The van der Waals surface area contributed by atoms with Crippen LogP contribution in [0.15, 0.2) is 17.3 Å². The van der Waals surface area contributed by atoms with Crippen molar-refractivity contribution in [2.45, 2.75) is 18.2 Å². The van der Waals surface area contributed by atoms with Gasteiger partial charge in [-0.15, -0.1) is 11.8 Å². The monoisotopic (exact) mass is 243 g/mol. The lowest BCUT2D eigenvalue weighted by Gasteiger charge is -2.03. The van der Waals surface area contributed by atoms with Gasteiger partial charge in [0.2, 0.25) is 0 Å². The summed E-state index contributed by atoms with van der Waals surface area (Å²) in [6.07, 6.45) is 5.03. The van der Waals surface area contributed by atoms with E-state index in [1.165, 1.54) is 4.90 Å². The lowest BCUT2D eigenvalue weighted by Crippen LogP contribution is -2.19. The van der Waals surface area contributed by atoms with Crippen molar-refractivity contribution in [2.24, 2.45) is 7.05 Å². The van der Waals surface area contributed by atoms with Gasteiger partial charge in [0.05, 0.1) is 6.20 Å². The molecule has 0 bridgehead atoms. The van der Waals surface area contributed by atoms with Gasteiger partial charge < -0.3 is 10.1 Å². The zero-order chi connectivity index (χ0) is 11.6. The van der Waals surface area contributed by atoms with Crippen molar-refractivity contribution in [3.8, 4) is 0 Å². The lowest BCUT2D eigenvalue weighted by molar-refractivity contribution is 0.145. The molecule has 16 heavy (non-hydrogen) atoms. The van der Waals surface area contributed by atoms with E-state index in [-0.39, 0.29) is 0 Å². The van der Waals surface area contributed by atoms with Crippen LogP contribution in [0.1, 0.15) is 13.3 Å². The average molecular weight is 243 g/mol. The largest absolute Gasteiger partial charge is 0.382 e. The van der Waals surface area contributed by atoms with Crippen LogP contribution < -0.4 is 5.32 Å². The third kappa shape index (κ3) is 6.15. The SMILES string of the molecule is CCOCCCNCCSc1cnn(C)c1. The van der Waals surface area contributed by atoms with Crippen molar-refractivity contribution in [1.82, 2.24) is 15.1 Å². The molecule has 0 radical (unpaired) electrons. The predicted molar refractivity (Wildman–Crippen MR) is 67.9 cm³/mol. The Hall–Kier alpha value is -0.520. The van der Waals surface area contributed by atoms with Crippen molar-refractivity contribution in [2.75, 3.05) is 32.1 Å². The molecule has 1 heterocycles. The maximum absolute atomic E-state index is 5.26. The number of rotatable bonds is 9. The number of thioether (sulfide) groups is 1. The molecule has 0 spiro atoms. The number of hydrogen-bond donors (Lipinski definition) is 1. The first-order chi connectivity index (χ1) is 7.83. The summed E-state index contributed by atoms with van der Waals surface area (Å²) in [5.74, 6) is 1.08. The minimum absolute atomic E-state index is 0.816. The molecule has 92 valence electrons. The molecule has 5 heteroatoms. The summed E-state index contributed by atoms with van der Waals surface area (Å²) in [6, 6.07) is 0. The molecule has 0 aliphatic carbocycles. The highest BCUT2D eigenvalue weighted by Crippen LogP contribution is 2.14. The molecule has 1 rings (SSSR count). The van der Waals surface area contributed by atoms with Gasteiger partial charge in [0, 0.05) is 43.7 Å². The Labute approximate surface area is 102 Å². The second-order valence-corrected chi connectivity index (χ2v) is 4.67. The molecule has 1 aromatic heterocycles. The fourth-order valence-corrected chi connectivity index (χ4v) is 2.11. The van der Waals surface area contributed by atoms with Crippen molar-refractivity contribution in [3.63, 3.8) is 0 Å². The summed E-state index contributed by atoms with van der Waals surface area (Å²) in [4.78, 5) is 1.23. The van der Waals surface area contributed by atoms with Crippen LogP contribution >= 0.6 is 11.8 Å². The van der Waals surface area contributed by atoms with Crippen molar-refractivity contribution >= 4 is 11.8 Å². The van der Waals surface area contributed by atoms with E-state index in [9.17, 15) is 0 Å². The van der Waals surface area contributed by atoms with E-state index < -0.39 is 0 Å². The van der Waals surface area contributed by atoms with Crippen molar-refractivity contribution in [1.29, 1.82) is 0 Å². The molecule has 1 N–H and O–H groups in total. The number of ether oxygens (including phenoxy) is 1. The molecular weight excluding hydrogens is 222 g/mol. The minimum atomic E-state index is 0.816. The molecule has 0 fully saturated rings. The van der Waals surface area contributed by atoms with Crippen LogP contribution in [-0.4, -0.2) is 41.8 Å². The molecular formula is C11H21N3OS. The predicted octanol–water partition coefficient (Wildman–Crippen LogP) is 1.53. The molecule has 0 saturated carbocycles. The molecule has 0 aromatic carbocycles. The van der Waals surface area contributed by atoms with Gasteiger partial charge in [-0.1, -0.05) is 0 Å². The molecule has 0 aliphatic heterocycles. The summed E-state index contributed by atoms with van der Waals surface area (Å²) < 4.78 is 7.09. The molecule has 1 aromatic rings. The van der Waals surface area contributed by atoms with Crippen LogP contribution in [0, 0.1) is 0 Å². The number of aromatic nitrogens is 2. The maximum atomic E-state index is 5.26. The van der Waals surface area contributed by atoms with E-state index in [2.05, 4.69) is 10.4 Å². The smallest absolute Gasteiger partial charge is 0.0625 e. The van der Waals surface area contributed by atoms with Crippen LogP contribution in [0.4, 0.5) is 0 Å². The fraction of sp³-hybridized carbons (Fsp3) is 0.727. The number of aryl methyl sites for hydroxylation is 1. The Morgan fingerprint density at radius 3 is 3.06 bits per heavy atom. The van der Waals surface area contributed by atoms with Gasteiger partial charge in [-0.05, 0) is 19.9 Å². The van der Waals surface area contributed by atoms with Crippen LogP contribution in [0.25, 0.3) is 0 Å². The van der Waals surface area contributed by atoms with E-state index in [0.29, 0.717) is 0 Å². The standard InChI is InChI=1S/C11H21N3OS/c1-3-15-7-4-5-12-6-8-16-11-9-13-14(2)10-11/h9-10,12H,3-8H2,1-2H3. The van der Waals surface area contributed by atoms with Gasteiger partial charge in [0.25, 0.3) is 0 Å². The topological polar surface area (TPSA) is 39.1 Å². The second-order valence-electron chi connectivity index (χ2n) is 3.50. The first kappa shape index (κ1) is 13.5. The summed E-state index contributed by atoms with van der Waals surface area (Å²) in [6.45, 7) is 5.77. The number of nitrogens with zero attached hydrogens (tertiary/aromatic N) is 2. The lowest BCUT2D eigenvalue weighted by atomic mass is 10.4. The highest BCUT2D eigenvalue weighted by atomic mass is 32.2. The van der Waals surface area contributed by atoms with E-state index in [0.717, 1.165) is 38.5 Å². The molecule has 0 aliphatic rings. The van der Waals surface area contributed by atoms with Crippen LogP contribution in [-0.2, 0) is 11.8 Å². The van der Waals surface area contributed by atoms with E-state index in [4.69, 9.17) is 4.74 Å². The summed E-state index contributed by atoms with van der Waals surface area (Å²) in [5.41, 5.74) is 0. The number of hydrogen-bond acceptors (Lipinski definition) is 4. The third-order valence-electron chi connectivity index (χ3n) is 2.08. The van der Waals surface area contributed by atoms with Crippen LogP contribution in [0.2, 0.25) is 0 Å². The summed E-state index contributed by atoms with van der Waals surface area (Å²) in [5, 5.41) is 7.52. The zero-order valence-electron chi connectivity index (χ0n) is 10.1. The Balaban J connectivity index is 1.88. The Kier molecular flexibility index (Phi) is 7.29. The van der Waals surface area contributed by atoms with Gasteiger partial charge >= 0.3 is 0 Å². The van der Waals surface area contributed by atoms with Gasteiger partial charge in [-0.2, -0.15) is 5.10 Å². The summed E-state index contributed by atoms with van der Waals surface area (Å²) in [7, 11) is 1.94. The Morgan fingerprint density at radius 1 is 1.50 bits per heavy atom. The minimum Gasteiger partial charge on any atom is -0.382 e. The van der Waals surface area contributed by atoms with Gasteiger partial charge in [0.15, 0.2) is 0 Å². The molecule has 0 amide bonds. The van der Waals surface area contributed by atoms with Gasteiger partial charge in [-0.25, -0.2) is 0 Å². The van der Waals surface area contributed by atoms with Crippen LogP contribution in [0.5, 0.6) is 0 Å². The van der Waals surface area contributed by atoms with Gasteiger partial charge in [-0.3, -0.25) is 4.68 Å². The van der Waals surface area contributed by atoms with Crippen LogP contribution in [0.3, 0.4) is 0 Å². The molecule has 0 saturated heterocycles. The van der Waals surface area contributed by atoms with Gasteiger partial charge in [0.1, 0.15) is 0 Å². The van der Waals surface area contributed by atoms with Crippen molar-refractivity contribution in [3.05, 3.63) is 12.4 Å². The van der Waals surface area contributed by atoms with E-state index >= 15 is 0 Å². The first-order valence-corrected chi connectivity index (χ1v) is 6.71. The molecule has 0 unspecified atom stereocenters. The summed E-state index contributed by atoms with van der Waals surface area (Å²) >= 11 is 1.83. The second kappa shape index (κ2) is 8.61. The highest BCUT2D eigenvalue weighted by Gasteiger charge is 1.96. The molecule has 0 atom stereocenters. The van der Waals surface area contributed by atoms with Crippen molar-refractivity contribution < 1.29 is 4.74 Å². The maximum Gasteiger partial charge on any atom is 0.0625 e. The molecule has 4 nitrogen and oxygen atoms in total. The van der Waals surface area contributed by atoms with E-state index in [1.807, 2.05) is 42.8 Å². The third-order valence-corrected chi connectivity index (χ3v) is 3.03. The first-order valence-electron chi connectivity index (χ1n) is 5.73. The Bertz CT molecular complexity index is 278. The quantitative estimate of drug-likeness (QED) is 0.527. The average Bonchev–Trinajstić information content (AvgIpc) is 2.68.